The molecule has 0 spiro atoms. The molecule has 0 radical (unpaired) electrons. The lowest BCUT2D eigenvalue weighted by atomic mass is 9.94. The summed E-state index contributed by atoms with van der Waals surface area (Å²) in [6.07, 6.45) is 5.10. The molecule has 7 rings (SSSR count). The smallest absolute Gasteiger partial charge is 0.355 e. The number of ether oxygens (including phenoxy) is 1. The first-order valence-electron chi connectivity index (χ1n) is 16.2. The van der Waals surface area contributed by atoms with Gasteiger partial charge in [0.15, 0.2) is 16.0 Å². The third kappa shape index (κ3) is 6.96. The minimum Gasteiger partial charge on any atom is -0.494 e. The van der Waals surface area contributed by atoms with Crippen molar-refractivity contribution in [1.82, 2.24) is 19.9 Å². The lowest BCUT2D eigenvalue weighted by Gasteiger charge is -2.29. The summed E-state index contributed by atoms with van der Waals surface area (Å²) in [4.78, 5) is 50.6. The van der Waals surface area contributed by atoms with Crippen molar-refractivity contribution in [3.8, 4) is 17.0 Å². The topological polar surface area (TPSA) is 143 Å². The number of hydrogen-bond acceptors (Lipinski definition) is 11. The Morgan fingerprint density at radius 3 is 2.68 bits per heavy atom. The molecule has 1 aliphatic heterocycles. The van der Waals surface area contributed by atoms with Gasteiger partial charge in [-0.2, -0.15) is 0 Å². The maximum absolute atomic E-state index is 13.5. The molecule has 1 amide bonds. The van der Waals surface area contributed by atoms with E-state index in [0.29, 0.717) is 65.4 Å². The summed E-state index contributed by atoms with van der Waals surface area (Å²) in [5.41, 5.74) is 6.70. The maximum atomic E-state index is 13.5. The highest BCUT2D eigenvalue weighted by Crippen LogP contribution is 2.34. The number of carbonyl (C=O) groups is 2. The SMILES string of the molecule is CC=Nc1c(C)ncnc1-c1ccc(OCCCc2sc(N3CCc4cccc(C(=O)Nc5nc6ccccc6s5)c4C3)nc2C(=O)O)cc1. The maximum Gasteiger partial charge on any atom is 0.355 e. The number of aromatic carboxylic acids is 1. The van der Waals surface area contributed by atoms with E-state index in [-0.39, 0.29) is 11.6 Å². The van der Waals surface area contributed by atoms with Crippen LogP contribution in [0.25, 0.3) is 21.5 Å². The standard InChI is InChI=1S/C37H33N7O4S2/c1-3-38-31-22(2)39-21-40-32(31)24-13-15-25(16-14-24)48-19-7-12-30-33(35(46)47)42-37(50-30)44-18-17-23-8-6-9-26(27(23)20-44)34(45)43-36-41-28-10-4-5-11-29(28)49-36/h3-6,8-11,13-16,21H,7,12,17-20H2,1-2H3,(H,46,47)(H,41,43,45). The van der Waals surface area contributed by atoms with Crippen molar-refractivity contribution in [2.75, 3.05) is 23.4 Å². The van der Waals surface area contributed by atoms with Gasteiger partial charge in [-0.05, 0) is 86.7 Å². The van der Waals surface area contributed by atoms with E-state index in [2.05, 4.69) is 35.1 Å². The predicted molar refractivity (Wildman–Crippen MR) is 198 cm³/mol. The summed E-state index contributed by atoms with van der Waals surface area (Å²) in [6, 6.07) is 21.2. The average molecular weight is 704 g/mol. The number of benzene rings is 3. The van der Waals surface area contributed by atoms with Crippen LogP contribution in [0.4, 0.5) is 16.0 Å². The molecule has 252 valence electrons. The number of fused-ring (bicyclic) bond motifs is 2. The Morgan fingerprint density at radius 1 is 1.04 bits per heavy atom. The van der Waals surface area contributed by atoms with Crippen molar-refractivity contribution in [2.24, 2.45) is 4.99 Å². The van der Waals surface area contributed by atoms with Crippen LogP contribution >= 0.6 is 22.7 Å². The molecule has 2 N–H and O–H groups in total. The molecule has 6 aromatic rings. The number of carboxylic acids is 1. The first kappa shape index (κ1) is 33.0. The minimum absolute atomic E-state index is 0.0627. The molecule has 3 aromatic heterocycles. The van der Waals surface area contributed by atoms with Crippen molar-refractivity contribution in [1.29, 1.82) is 0 Å². The summed E-state index contributed by atoms with van der Waals surface area (Å²) < 4.78 is 7.00. The van der Waals surface area contributed by atoms with Crippen LogP contribution in [-0.4, -0.2) is 56.3 Å². The van der Waals surface area contributed by atoms with Crippen LogP contribution in [-0.2, 0) is 19.4 Å². The fraction of sp³-hybridized carbons (Fsp3) is 0.216. The monoisotopic (exact) mass is 703 g/mol. The molecule has 0 saturated heterocycles. The van der Waals surface area contributed by atoms with Crippen LogP contribution in [0.1, 0.15) is 55.9 Å². The fourth-order valence-electron chi connectivity index (χ4n) is 5.95. The van der Waals surface area contributed by atoms with Crippen LogP contribution in [0.3, 0.4) is 0 Å². The molecule has 50 heavy (non-hydrogen) atoms. The molecule has 0 bridgehead atoms. The van der Waals surface area contributed by atoms with Gasteiger partial charge >= 0.3 is 5.97 Å². The Labute approximate surface area is 296 Å². The molecular formula is C37H33N7O4S2. The van der Waals surface area contributed by atoms with Crippen molar-refractivity contribution in [2.45, 2.75) is 39.7 Å². The van der Waals surface area contributed by atoms with E-state index in [9.17, 15) is 14.7 Å². The number of aryl methyl sites for hydroxylation is 2. The predicted octanol–water partition coefficient (Wildman–Crippen LogP) is 7.77. The Morgan fingerprint density at radius 2 is 1.88 bits per heavy atom. The third-order valence-electron chi connectivity index (χ3n) is 8.40. The second-order valence-corrected chi connectivity index (χ2v) is 13.7. The Hall–Kier alpha value is -5.53. The van der Waals surface area contributed by atoms with Gasteiger partial charge in [-0.15, -0.1) is 11.3 Å². The van der Waals surface area contributed by atoms with Crippen LogP contribution in [0.5, 0.6) is 5.75 Å². The zero-order valence-corrected chi connectivity index (χ0v) is 29.1. The molecule has 3 aromatic carbocycles. The van der Waals surface area contributed by atoms with Crippen LogP contribution in [0.2, 0.25) is 0 Å². The van der Waals surface area contributed by atoms with E-state index in [1.807, 2.05) is 80.6 Å². The summed E-state index contributed by atoms with van der Waals surface area (Å²) in [5.74, 6) is -0.569. The van der Waals surface area contributed by atoms with Crippen LogP contribution < -0.4 is 15.0 Å². The highest BCUT2D eigenvalue weighted by atomic mass is 32.1. The average Bonchev–Trinajstić information content (AvgIpc) is 3.75. The summed E-state index contributed by atoms with van der Waals surface area (Å²) in [6.45, 7) is 5.29. The second-order valence-electron chi connectivity index (χ2n) is 11.6. The lowest BCUT2D eigenvalue weighted by Crippen LogP contribution is -2.32. The number of nitrogens with zero attached hydrogens (tertiary/aromatic N) is 6. The fourth-order valence-corrected chi connectivity index (χ4v) is 7.93. The number of hydrogen-bond donors (Lipinski definition) is 2. The van der Waals surface area contributed by atoms with Gasteiger partial charge in [-0.1, -0.05) is 35.6 Å². The molecule has 13 heteroatoms. The number of thiazole rings is 2. The van der Waals surface area contributed by atoms with Gasteiger partial charge in [-0.3, -0.25) is 15.1 Å². The van der Waals surface area contributed by atoms with Gasteiger partial charge in [-0.25, -0.2) is 24.7 Å². The van der Waals surface area contributed by atoms with Gasteiger partial charge in [0.05, 0.1) is 28.2 Å². The van der Waals surface area contributed by atoms with E-state index in [4.69, 9.17) is 4.74 Å². The van der Waals surface area contributed by atoms with E-state index in [0.717, 1.165) is 44.0 Å². The Kier molecular flexibility index (Phi) is 9.58. The molecular weight excluding hydrogens is 671 g/mol. The minimum atomic E-state index is -1.06. The van der Waals surface area contributed by atoms with Gasteiger partial charge in [0.2, 0.25) is 0 Å². The molecule has 0 atom stereocenters. The van der Waals surface area contributed by atoms with E-state index < -0.39 is 5.97 Å². The van der Waals surface area contributed by atoms with Crippen molar-refractivity contribution in [3.63, 3.8) is 0 Å². The number of anilines is 2. The van der Waals surface area contributed by atoms with E-state index in [1.54, 1.807) is 6.21 Å². The van der Waals surface area contributed by atoms with E-state index in [1.165, 1.54) is 29.0 Å². The molecule has 4 heterocycles. The van der Waals surface area contributed by atoms with Gasteiger partial charge in [0.1, 0.15) is 17.8 Å². The van der Waals surface area contributed by atoms with Gasteiger partial charge < -0.3 is 14.7 Å². The number of nitrogens with one attached hydrogen (secondary N) is 1. The number of rotatable bonds is 11. The van der Waals surface area contributed by atoms with Crippen molar-refractivity contribution in [3.05, 3.63) is 106 Å². The number of aromatic nitrogens is 4. The van der Waals surface area contributed by atoms with Crippen molar-refractivity contribution >= 4 is 66.9 Å². The Bertz CT molecular complexity index is 2200. The van der Waals surface area contributed by atoms with Gasteiger partial charge in [0.25, 0.3) is 5.91 Å². The highest BCUT2D eigenvalue weighted by Gasteiger charge is 2.27. The number of amides is 1. The molecule has 0 aliphatic carbocycles. The first-order valence-corrected chi connectivity index (χ1v) is 17.8. The quantitative estimate of drug-likeness (QED) is 0.102. The number of para-hydroxylation sites is 1. The molecule has 0 fully saturated rings. The second kappa shape index (κ2) is 14.5. The number of aliphatic imine (C=N–C) groups is 1. The van der Waals surface area contributed by atoms with Crippen LogP contribution in [0, 0.1) is 6.92 Å². The summed E-state index contributed by atoms with van der Waals surface area (Å²) in [5, 5.41) is 14.1. The highest BCUT2D eigenvalue weighted by molar-refractivity contribution is 7.22. The zero-order chi connectivity index (χ0) is 34.6. The molecule has 0 unspecified atom stereocenters. The first-order chi connectivity index (χ1) is 24.4. The number of carboxylic acid groups (broad SMARTS) is 1. The van der Waals surface area contributed by atoms with E-state index >= 15 is 0 Å². The number of carbonyl (C=O) groups excluding carboxylic acids is 1. The largest absolute Gasteiger partial charge is 0.494 e. The van der Waals surface area contributed by atoms with Crippen molar-refractivity contribution < 1.29 is 19.4 Å². The summed E-state index contributed by atoms with van der Waals surface area (Å²) in [7, 11) is 0. The van der Waals surface area contributed by atoms with Gasteiger partial charge in [0, 0.05) is 35.3 Å². The lowest BCUT2D eigenvalue weighted by molar-refractivity contribution is 0.0690. The molecule has 0 saturated carbocycles. The Balaban J connectivity index is 0.999. The summed E-state index contributed by atoms with van der Waals surface area (Å²) >= 11 is 2.82. The third-order valence-corrected chi connectivity index (χ3v) is 10.5. The van der Waals surface area contributed by atoms with Crippen LogP contribution in [0.15, 0.2) is 78.0 Å². The molecule has 11 nitrogen and oxygen atoms in total. The zero-order valence-electron chi connectivity index (χ0n) is 27.4. The molecule has 1 aliphatic rings. The normalized spacial score (nSPS) is 12.7.